The van der Waals surface area contributed by atoms with Crippen molar-refractivity contribution >= 4 is 23.1 Å². The van der Waals surface area contributed by atoms with Gasteiger partial charge in [0.15, 0.2) is 0 Å². The zero-order valence-corrected chi connectivity index (χ0v) is 18.0. The second kappa shape index (κ2) is 9.79. The molecule has 1 aromatic heterocycles. The fourth-order valence-corrected chi connectivity index (χ4v) is 3.55. The van der Waals surface area contributed by atoms with Crippen molar-refractivity contribution in [2.75, 3.05) is 22.9 Å². The zero-order chi connectivity index (χ0) is 22.3. The van der Waals surface area contributed by atoms with Gasteiger partial charge in [0, 0.05) is 35.6 Å². The van der Waals surface area contributed by atoms with Crippen molar-refractivity contribution in [2.24, 2.45) is 0 Å². The van der Waals surface area contributed by atoms with Gasteiger partial charge in [-0.2, -0.15) is 0 Å². The van der Waals surface area contributed by atoms with Gasteiger partial charge in [0.25, 0.3) is 5.91 Å². The van der Waals surface area contributed by atoms with Gasteiger partial charge in [-0.05, 0) is 60.5 Å². The number of anilines is 3. The lowest BCUT2D eigenvalue weighted by atomic mass is 9.97. The summed E-state index contributed by atoms with van der Waals surface area (Å²) in [4.78, 5) is 17.3. The Morgan fingerprint density at radius 1 is 0.875 bits per heavy atom. The maximum atomic E-state index is 13.0. The van der Waals surface area contributed by atoms with Crippen LogP contribution in [0, 0.1) is 6.92 Å². The third-order valence-corrected chi connectivity index (χ3v) is 5.19. The van der Waals surface area contributed by atoms with E-state index < -0.39 is 0 Å². The van der Waals surface area contributed by atoms with E-state index in [1.54, 1.807) is 6.07 Å². The van der Waals surface area contributed by atoms with Gasteiger partial charge in [0.2, 0.25) is 0 Å². The number of rotatable bonds is 7. The van der Waals surface area contributed by atoms with Crippen LogP contribution in [0.5, 0.6) is 0 Å². The summed E-state index contributed by atoms with van der Waals surface area (Å²) in [5.41, 5.74) is 12.1. The third kappa shape index (κ3) is 5.32. The van der Waals surface area contributed by atoms with Gasteiger partial charge in [-0.25, -0.2) is 4.98 Å². The lowest BCUT2D eigenvalue weighted by Gasteiger charge is -2.12. The van der Waals surface area contributed by atoms with Crippen LogP contribution in [0.3, 0.4) is 0 Å². The van der Waals surface area contributed by atoms with Crippen LogP contribution in [0.4, 0.5) is 17.2 Å². The fourth-order valence-electron chi connectivity index (χ4n) is 3.55. The zero-order valence-electron chi connectivity index (χ0n) is 18.0. The number of benzene rings is 3. The van der Waals surface area contributed by atoms with Gasteiger partial charge in [-0.1, -0.05) is 54.1 Å². The largest absolute Gasteiger partial charge is 0.385 e. The first-order valence-corrected chi connectivity index (χ1v) is 10.6. The summed E-state index contributed by atoms with van der Waals surface area (Å²) in [6, 6.07) is 29.2. The summed E-state index contributed by atoms with van der Waals surface area (Å²) >= 11 is 0. The van der Waals surface area contributed by atoms with E-state index in [0.717, 1.165) is 46.7 Å². The molecule has 4 N–H and O–H groups in total. The Hall–Kier alpha value is -4.12. The van der Waals surface area contributed by atoms with E-state index in [0.29, 0.717) is 11.4 Å². The van der Waals surface area contributed by atoms with E-state index >= 15 is 0 Å². The molecule has 32 heavy (non-hydrogen) atoms. The van der Waals surface area contributed by atoms with Crippen LogP contribution in [-0.2, 0) is 6.42 Å². The van der Waals surface area contributed by atoms with Crippen LogP contribution in [0.1, 0.15) is 21.6 Å². The molecule has 0 bridgehead atoms. The van der Waals surface area contributed by atoms with Crippen molar-refractivity contribution < 1.29 is 4.79 Å². The highest BCUT2D eigenvalue weighted by Gasteiger charge is 2.13. The van der Waals surface area contributed by atoms with Crippen LogP contribution in [0.15, 0.2) is 91.0 Å². The lowest BCUT2D eigenvalue weighted by molar-refractivity contribution is 0.102. The number of amides is 1. The minimum atomic E-state index is -0.127. The van der Waals surface area contributed by atoms with Crippen molar-refractivity contribution in [1.29, 1.82) is 0 Å². The van der Waals surface area contributed by atoms with E-state index in [9.17, 15) is 4.79 Å². The molecule has 5 heteroatoms. The first kappa shape index (κ1) is 21.1. The summed E-state index contributed by atoms with van der Waals surface area (Å²) in [6.45, 7) is 2.77. The van der Waals surface area contributed by atoms with Gasteiger partial charge in [-0.15, -0.1) is 0 Å². The second-order valence-electron chi connectivity index (χ2n) is 7.68. The highest BCUT2D eigenvalue weighted by Crippen LogP contribution is 2.26. The summed E-state index contributed by atoms with van der Waals surface area (Å²) in [7, 11) is 0. The van der Waals surface area contributed by atoms with E-state index in [1.165, 1.54) is 0 Å². The van der Waals surface area contributed by atoms with Crippen LogP contribution in [0.25, 0.3) is 11.1 Å². The minimum absolute atomic E-state index is 0.127. The Bertz CT molecular complexity index is 1200. The average molecular weight is 423 g/mol. The molecule has 0 aliphatic carbocycles. The molecular formula is C27H26N4O. The van der Waals surface area contributed by atoms with Gasteiger partial charge in [-0.3, -0.25) is 4.79 Å². The van der Waals surface area contributed by atoms with E-state index in [-0.39, 0.29) is 5.91 Å². The molecule has 0 unspecified atom stereocenters. The number of nitrogens with two attached hydrogens (primary N) is 1. The number of nitrogen functional groups attached to an aromatic ring is 1. The average Bonchev–Trinajstić information content (AvgIpc) is 2.81. The molecule has 4 rings (SSSR count). The van der Waals surface area contributed by atoms with E-state index in [4.69, 9.17) is 5.73 Å². The Kier molecular flexibility index (Phi) is 6.46. The van der Waals surface area contributed by atoms with Crippen LogP contribution in [0.2, 0.25) is 0 Å². The molecule has 1 amide bonds. The number of aryl methyl sites for hydroxylation is 1. The second-order valence-corrected chi connectivity index (χ2v) is 7.68. The van der Waals surface area contributed by atoms with Crippen molar-refractivity contribution in [2.45, 2.75) is 13.3 Å². The number of aromatic nitrogens is 1. The maximum Gasteiger partial charge on any atom is 0.256 e. The van der Waals surface area contributed by atoms with Gasteiger partial charge < -0.3 is 16.4 Å². The molecule has 160 valence electrons. The molecule has 0 aliphatic rings. The van der Waals surface area contributed by atoms with Gasteiger partial charge in [0.05, 0.1) is 0 Å². The molecular weight excluding hydrogens is 396 g/mol. The SMILES string of the molecule is Cc1ccc(C(=O)Nc2ccc(NCCc3cccc(N)n3)cc2)c(-c2ccccc2)c1. The van der Waals surface area contributed by atoms with Crippen LogP contribution in [-0.4, -0.2) is 17.4 Å². The van der Waals surface area contributed by atoms with E-state index in [1.807, 2.05) is 91.9 Å². The van der Waals surface area contributed by atoms with Gasteiger partial charge >= 0.3 is 0 Å². The fraction of sp³-hybridized carbons (Fsp3) is 0.111. The molecule has 0 spiro atoms. The van der Waals surface area contributed by atoms with Gasteiger partial charge in [0.1, 0.15) is 5.82 Å². The predicted octanol–water partition coefficient (Wildman–Crippen LogP) is 5.55. The summed E-state index contributed by atoms with van der Waals surface area (Å²) in [5.74, 6) is 0.406. The predicted molar refractivity (Wildman–Crippen MR) is 132 cm³/mol. The summed E-state index contributed by atoms with van der Waals surface area (Å²) in [5, 5.41) is 6.38. The molecule has 0 fully saturated rings. The van der Waals surface area contributed by atoms with Crippen molar-refractivity contribution in [1.82, 2.24) is 4.98 Å². The first-order valence-electron chi connectivity index (χ1n) is 10.6. The molecule has 0 atom stereocenters. The monoisotopic (exact) mass is 422 g/mol. The molecule has 0 radical (unpaired) electrons. The minimum Gasteiger partial charge on any atom is -0.385 e. The van der Waals surface area contributed by atoms with Crippen molar-refractivity contribution in [3.63, 3.8) is 0 Å². The molecule has 0 saturated heterocycles. The molecule has 0 saturated carbocycles. The standard InChI is InChI=1S/C27H26N4O/c1-19-10-15-24(25(18-19)20-6-3-2-4-7-20)27(32)31-23-13-11-21(12-14-23)29-17-16-22-8-5-9-26(28)30-22/h2-15,18,29H,16-17H2,1H3,(H2,28,30)(H,31,32). The van der Waals surface area contributed by atoms with Crippen LogP contribution >= 0.6 is 0 Å². The van der Waals surface area contributed by atoms with Crippen molar-refractivity contribution in [3.05, 3.63) is 108 Å². The topological polar surface area (TPSA) is 80.0 Å². The number of carbonyl (C=O) groups is 1. The van der Waals surface area contributed by atoms with Crippen LogP contribution < -0.4 is 16.4 Å². The normalized spacial score (nSPS) is 10.5. The molecule has 4 aromatic rings. The Morgan fingerprint density at radius 3 is 2.38 bits per heavy atom. The Morgan fingerprint density at radius 2 is 1.62 bits per heavy atom. The highest BCUT2D eigenvalue weighted by molar-refractivity contribution is 6.08. The molecule has 0 aliphatic heterocycles. The summed E-state index contributed by atoms with van der Waals surface area (Å²) in [6.07, 6.45) is 0.777. The smallest absolute Gasteiger partial charge is 0.256 e. The number of hydrogen-bond acceptors (Lipinski definition) is 4. The van der Waals surface area contributed by atoms with E-state index in [2.05, 4.69) is 15.6 Å². The maximum absolute atomic E-state index is 13.0. The molecule has 1 heterocycles. The van der Waals surface area contributed by atoms with Crippen molar-refractivity contribution in [3.8, 4) is 11.1 Å². The molecule has 3 aromatic carbocycles. The summed E-state index contributed by atoms with van der Waals surface area (Å²) < 4.78 is 0. The third-order valence-electron chi connectivity index (χ3n) is 5.19. The lowest BCUT2D eigenvalue weighted by Crippen LogP contribution is -2.13. The Balaban J connectivity index is 1.40. The first-order chi connectivity index (χ1) is 15.6. The number of hydrogen-bond donors (Lipinski definition) is 3. The molecule has 5 nitrogen and oxygen atoms in total. The Labute approximate surface area is 188 Å². The number of nitrogens with one attached hydrogen (secondary N) is 2. The quantitative estimate of drug-likeness (QED) is 0.365. The number of carbonyl (C=O) groups excluding carboxylic acids is 1. The number of nitrogens with zero attached hydrogens (tertiary/aromatic N) is 1. The number of pyridine rings is 1. The highest BCUT2D eigenvalue weighted by atomic mass is 16.1.